The Morgan fingerprint density at radius 3 is 2.78 bits per heavy atom. The van der Waals surface area contributed by atoms with Crippen molar-refractivity contribution in [2.24, 2.45) is 0 Å². The van der Waals surface area contributed by atoms with Crippen LogP contribution in [0.15, 0.2) is 48.7 Å². The number of para-hydroxylation sites is 1. The van der Waals surface area contributed by atoms with E-state index >= 15 is 0 Å². The van der Waals surface area contributed by atoms with Gasteiger partial charge in [-0.1, -0.05) is 29.8 Å². The molecule has 0 spiro atoms. The molecule has 0 aliphatic carbocycles. The van der Waals surface area contributed by atoms with E-state index in [0.717, 1.165) is 10.9 Å². The maximum absolute atomic E-state index is 13.0. The molecule has 0 saturated heterocycles. The standard InChI is InChI=1S/C18H15ClN2O2/c1-2-21-16-8-7-11(19)9-13(16)18(23,17(21)22)14-10-20-15-6-4-3-5-12(14)15/h3-10,20,23H,2H2,1H3/t18-/m0/s1. The number of fused-ring (bicyclic) bond motifs is 2. The van der Waals surface area contributed by atoms with Gasteiger partial charge in [0.15, 0.2) is 5.60 Å². The number of hydrogen-bond acceptors (Lipinski definition) is 2. The molecule has 23 heavy (non-hydrogen) atoms. The lowest BCUT2D eigenvalue weighted by Crippen LogP contribution is -2.41. The lowest BCUT2D eigenvalue weighted by atomic mass is 9.87. The minimum absolute atomic E-state index is 0.345. The molecule has 1 aliphatic rings. The normalized spacial score (nSPS) is 20.3. The zero-order valence-corrected chi connectivity index (χ0v) is 13.3. The highest BCUT2D eigenvalue weighted by Crippen LogP contribution is 2.47. The van der Waals surface area contributed by atoms with Crippen LogP contribution in [0.4, 0.5) is 5.69 Å². The number of anilines is 1. The molecule has 2 heterocycles. The first-order valence-corrected chi connectivity index (χ1v) is 7.86. The summed E-state index contributed by atoms with van der Waals surface area (Å²) >= 11 is 6.12. The Balaban J connectivity index is 2.04. The molecule has 1 aliphatic heterocycles. The largest absolute Gasteiger partial charge is 0.372 e. The van der Waals surface area contributed by atoms with Crippen molar-refractivity contribution in [1.29, 1.82) is 0 Å². The molecule has 0 bridgehead atoms. The molecule has 1 amide bonds. The van der Waals surface area contributed by atoms with E-state index in [1.807, 2.05) is 31.2 Å². The quantitative estimate of drug-likeness (QED) is 0.758. The molecule has 3 aromatic rings. The molecular weight excluding hydrogens is 312 g/mol. The number of hydrogen-bond donors (Lipinski definition) is 2. The minimum Gasteiger partial charge on any atom is -0.372 e. The molecule has 1 atom stereocenters. The monoisotopic (exact) mass is 326 g/mol. The lowest BCUT2D eigenvalue weighted by molar-refractivity contribution is -0.132. The fraction of sp³-hybridized carbons (Fsp3) is 0.167. The summed E-state index contributed by atoms with van der Waals surface area (Å²) in [6.45, 7) is 2.37. The van der Waals surface area contributed by atoms with Gasteiger partial charge in [0.25, 0.3) is 5.91 Å². The third-order valence-electron chi connectivity index (χ3n) is 4.49. The number of aromatic amines is 1. The fourth-order valence-electron chi connectivity index (χ4n) is 3.40. The summed E-state index contributed by atoms with van der Waals surface area (Å²) in [5.74, 6) is -0.345. The molecule has 116 valence electrons. The Hall–Kier alpha value is -2.30. The van der Waals surface area contributed by atoms with Gasteiger partial charge < -0.3 is 15.0 Å². The van der Waals surface area contributed by atoms with E-state index in [4.69, 9.17) is 11.6 Å². The van der Waals surface area contributed by atoms with Crippen molar-refractivity contribution in [3.8, 4) is 0 Å². The number of nitrogens with one attached hydrogen (secondary N) is 1. The number of likely N-dealkylation sites (N-methyl/N-ethyl adjacent to an activating group) is 1. The SMILES string of the molecule is CCN1C(=O)[C@@](O)(c2c[nH]c3ccccc23)c2cc(Cl)ccc21. The number of carbonyl (C=O) groups excluding carboxylic acids is 1. The van der Waals surface area contributed by atoms with Crippen LogP contribution in [0.25, 0.3) is 10.9 Å². The Kier molecular flexibility index (Phi) is 3.01. The number of nitrogens with zero attached hydrogens (tertiary/aromatic N) is 1. The van der Waals surface area contributed by atoms with Gasteiger partial charge in [-0.15, -0.1) is 0 Å². The van der Waals surface area contributed by atoms with Crippen LogP contribution in [0.2, 0.25) is 5.02 Å². The van der Waals surface area contributed by atoms with Crippen LogP contribution in [-0.2, 0) is 10.4 Å². The maximum atomic E-state index is 13.0. The van der Waals surface area contributed by atoms with Gasteiger partial charge >= 0.3 is 0 Å². The zero-order valence-electron chi connectivity index (χ0n) is 12.5. The number of rotatable bonds is 2. The number of benzene rings is 2. The topological polar surface area (TPSA) is 56.3 Å². The van der Waals surface area contributed by atoms with Crippen LogP contribution in [0.1, 0.15) is 18.1 Å². The van der Waals surface area contributed by atoms with Crippen molar-refractivity contribution < 1.29 is 9.90 Å². The second-order valence-corrected chi connectivity index (χ2v) is 6.11. The van der Waals surface area contributed by atoms with Crippen molar-refractivity contribution in [3.05, 3.63) is 64.8 Å². The second kappa shape index (κ2) is 4.85. The number of aromatic nitrogens is 1. The van der Waals surface area contributed by atoms with Gasteiger partial charge in [-0.3, -0.25) is 4.79 Å². The average molecular weight is 327 g/mol. The van der Waals surface area contributed by atoms with Crippen LogP contribution in [0.5, 0.6) is 0 Å². The van der Waals surface area contributed by atoms with E-state index in [1.165, 1.54) is 0 Å². The predicted octanol–water partition coefficient (Wildman–Crippen LogP) is 3.42. The molecule has 0 radical (unpaired) electrons. The average Bonchev–Trinajstić information content (AvgIpc) is 3.07. The van der Waals surface area contributed by atoms with Gasteiger partial charge in [0.2, 0.25) is 0 Å². The molecule has 0 unspecified atom stereocenters. The number of carbonyl (C=O) groups is 1. The van der Waals surface area contributed by atoms with Gasteiger partial charge in [0.1, 0.15) is 0 Å². The van der Waals surface area contributed by atoms with Gasteiger partial charge in [-0.25, -0.2) is 0 Å². The van der Waals surface area contributed by atoms with Gasteiger partial charge in [0.05, 0.1) is 5.69 Å². The van der Waals surface area contributed by atoms with E-state index in [9.17, 15) is 9.90 Å². The van der Waals surface area contributed by atoms with E-state index in [2.05, 4.69) is 4.98 Å². The smallest absolute Gasteiger partial charge is 0.268 e. The molecular formula is C18H15ClN2O2. The Bertz CT molecular complexity index is 934. The Morgan fingerprint density at radius 2 is 2.00 bits per heavy atom. The molecule has 2 N–H and O–H groups in total. The summed E-state index contributed by atoms with van der Waals surface area (Å²) in [6, 6.07) is 12.8. The van der Waals surface area contributed by atoms with Crippen molar-refractivity contribution in [2.75, 3.05) is 11.4 Å². The second-order valence-electron chi connectivity index (χ2n) is 5.67. The van der Waals surface area contributed by atoms with Crippen LogP contribution < -0.4 is 4.90 Å². The van der Waals surface area contributed by atoms with Crippen LogP contribution in [-0.4, -0.2) is 22.5 Å². The van der Waals surface area contributed by atoms with Crippen LogP contribution >= 0.6 is 11.6 Å². The van der Waals surface area contributed by atoms with Crippen molar-refractivity contribution in [1.82, 2.24) is 4.98 Å². The molecule has 5 heteroatoms. The summed E-state index contributed by atoms with van der Waals surface area (Å²) in [6.07, 6.45) is 1.70. The molecule has 2 aromatic carbocycles. The van der Waals surface area contributed by atoms with Crippen LogP contribution in [0, 0.1) is 0 Å². The molecule has 1 aromatic heterocycles. The summed E-state index contributed by atoms with van der Waals surface area (Å²) in [5, 5.41) is 12.7. The number of aliphatic hydroxyl groups is 1. The number of H-pyrrole nitrogens is 1. The molecule has 0 saturated carbocycles. The Labute approximate surface area is 138 Å². The first kappa shape index (κ1) is 14.3. The van der Waals surface area contributed by atoms with Crippen LogP contribution in [0.3, 0.4) is 0 Å². The van der Waals surface area contributed by atoms with E-state index in [1.54, 1.807) is 29.3 Å². The summed E-state index contributed by atoms with van der Waals surface area (Å²) in [7, 11) is 0. The first-order chi connectivity index (χ1) is 11.1. The Morgan fingerprint density at radius 1 is 1.22 bits per heavy atom. The minimum atomic E-state index is -1.73. The van der Waals surface area contributed by atoms with E-state index < -0.39 is 5.60 Å². The van der Waals surface area contributed by atoms with Gasteiger partial charge in [0, 0.05) is 39.8 Å². The van der Waals surface area contributed by atoms with Gasteiger partial charge in [-0.05, 0) is 31.2 Å². The summed E-state index contributed by atoms with van der Waals surface area (Å²) in [5.41, 5.74) is 0.937. The fourth-order valence-corrected chi connectivity index (χ4v) is 3.57. The molecule has 4 nitrogen and oxygen atoms in total. The van der Waals surface area contributed by atoms with E-state index in [0.29, 0.717) is 28.4 Å². The van der Waals surface area contributed by atoms with E-state index in [-0.39, 0.29) is 5.91 Å². The summed E-state index contributed by atoms with van der Waals surface area (Å²) in [4.78, 5) is 17.7. The van der Waals surface area contributed by atoms with Gasteiger partial charge in [-0.2, -0.15) is 0 Å². The van der Waals surface area contributed by atoms with Crippen molar-refractivity contribution in [3.63, 3.8) is 0 Å². The third-order valence-corrected chi connectivity index (χ3v) is 4.72. The molecule has 0 fully saturated rings. The third kappa shape index (κ3) is 1.79. The number of amides is 1. The predicted molar refractivity (Wildman–Crippen MR) is 90.8 cm³/mol. The van der Waals surface area contributed by atoms with Crippen molar-refractivity contribution in [2.45, 2.75) is 12.5 Å². The highest BCUT2D eigenvalue weighted by atomic mass is 35.5. The highest BCUT2D eigenvalue weighted by molar-refractivity contribution is 6.31. The van der Waals surface area contributed by atoms with Crippen molar-refractivity contribution >= 4 is 34.1 Å². The maximum Gasteiger partial charge on any atom is 0.268 e. The zero-order chi connectivity index (χ0) is 16.2. The molecule has 4 rings (SSSR count). The highest BCUT2D eigenvalue weighted by Gasteiger charge is 2.51. The number of halogens is 1. The first-order valence-electron chi connectivity index (χ1n) is 7.48. The lowest BCUT2D eigenvalue weighted by Gasteiger charge is -2.22. The summed E-state index contributed by atoms with van der Waals surface area (Å²) < 4.78 is 0.